The number of likely N-dealkylation sites (tertiary alicyclic amines) is 1. The number of alkyl halides is 3. The maximum Gasteiger partial charge on any atom is 0.490 e. The van der Waals surface area contributed by atoms with Crippen molar-refractivity contribution in [2.45, 2.75) is 43.7 Å². The molecule has 0 radical (unpaired) electrons. The molecule has 0 unspecified atom stereocenters. The van der Waals surface area contributed by atoms with E-state index in [-0.39, 0.29) is 21.6 Å². The van der Waals surface area contributed by atoms with Crippen molar-refractivity contribution in [2.24, 2.45) is 16.7 Å². The number of carbonyl (C=O) groups is 2. The zero-order valence-corrected chi connectivity index (χ0v) is 22.9. The predicted molar refractivity (Wildman–Crippen MR) is 133 cm³/mol. The Balaban J connectivity index is 0.000000505. The summed E-state index contributed by atoms with van der Waals surface area (Å²) in [5, 5.41) is 7.12. The highest BCUT2D eigenvalue weighted by atomic mass is 32.2. The topological polar surface area (TPSA) is 107 Å². The molecule has 1 aliphatic carbocycles. The van der Waals surface area contributed by atoms with E-state index in [0.29, 0.717) is 24.8 Å². The molecule has 2 aliphatic heterocycles. The molecule has 0 bridgehead atoms. The highest BCUT2D eigenvalue weighted by Crippen LogP contribution is 2.62. The van der Waals surface area contributed by atoms with Gasteiger partial charge in [-0.25, -0.2) is 13.2 Å². The number of hydrogen-bond donors (Lipinski definition) is 1. The first-order valence-corrected chi connectivity index (χ1v) is 14.0. The molecule has 2 atom stereocenters. The monoisotopic (exact) mass is 563 g/mol. The van der Waals surface area contributed by atoms with Gasteiger partial charge in [-0.15, -0.1) is 0 Å². The number of carbonyl (C=O) groups excluding carboxylic acids is 1. The lowest BCUT2D eigenvalue weighted by atomic mass is 9.66. The van der Waals surface area contributed by atoms with Crippen molar-refractivity contribution in [2.75, 3.05) is 53.9 Å². The number of amides is 1. The van der Waals surface area contributed by atoms with E-state index in [4.69, 9.17) is 14.6 Å². The summed E-state index contributed by atoms with van der Waals surface area (Å²) in [6.45, 7) is 5.90. The first-order chi connectivity index (χ1) is 17.6. The number of aliphatic carboxylic acids is 1. The van der Waals surface area contributed by atoms with E-state index in [2.05, 4.69) is 11.8 Å². The van der Waals surface area contributed by atoms with Crippen molar-refractivity contribution in [1.29, 1.82) is 0 Å². The van der Waals surface area contributed by atoms with Gasteiger partial charge in [0.2, 0.25) is 15.9 Å². The van der Waals surface area contributed by atoms with Crippen LogP contribution in [-0.2, 0) is 19.6 Å². The van der Waals surface area contributed by atoms with Gasteiger partial charge in [0.25, 0.3) is 0 Å². The van der Waals surface area contributed by atoms with Crippen molar-refractivity contribution in [3.8, 4) is 5.75 Å². The molecular formula is C25H36F3N3O6S. The fraction of sp³-hybridized carbons (Fsp3) is 0.680. The van der Waals surface area contributed by atoms with Crippen LogP contribution < -0.4 is 4.74 Å². The van der Waals surface area contributed by atoms with Crippen LogP contribution >= 0.6 is 0 Å². The molecule has 2 heterocycles. The van der Waals surface area contributed by atoms with Gasteiger partial charge in [0.05, 0.1) is 17.4 Å². The fourth-order valence-electron chi connectivity index (χ4n) is 6.38. The summed E-state index contributed by atoms with van der Waals surface area (Å²) in [7, 11) is 1.70. The molecular weight excluding hydrogens is 527 g/mol. The minimum absolute atomic E-state index is 0.0516. The van der Waals surface area contributed by atoms with Gasteiger partial charge < -0.3 is 19.6 Å². The van der Waals surface area contributed by atoms with E-state index >= 15 is 0 Å². The van der Waals surface area contributed by atoms with Gasteiger partial charge in [0.1, 0.15) is 5.75 Å². The number of sulfonamides is 1. The summed E-state index contributed by atoms with van der Waals surface area (Å²) in [4.78, 5) is 26.6. The van der Waals surface area contributed by atoms with Crippen molar-refractivity contribution >= 4 is 21.9 Å². The highest BCUT2D eigenvalue weighted by molar-refractivity contribution is 7.89. The van der Waals surface area contributed by atoms with Crippen molar-refractivity contribution in [1.82, 2.24) is 14.1 Å². The molecule has 1 amide bonds. The largest absolute Gasteiger partial charge is 0.497 e. The molecule has 214 valence electrons. The smallest absolute Gasteiger partial charge is 0.490 e. The summed E-state index contributed by atoms with van der Waals surface area (Å²) in [6.07, 6.45) is -1.52. The number of rotatable bonds is 5. The quantitative estimate of drug-likeness (QED) is 0.587. The van der Waals surface area contributed by atoms with Crippen molar-refractivity contribution in [3.63, 3.8) is 0 Å². The fourth-order valence-corrected chi connectivity index (χ4v) is 7.85. The van der Waals surface area contributed by atoms with E-state index in [9.17, 15) is 26.4 Å². The van der Waals surface area contributed by atoms with Crippen LogP contribution in [-0.4, -0.2) is 99.6 Å². The molecule has 3 fully saturated rings. The second-order valence-electron chi connectivity index (χ2n) is 10.5. The average molecular weight is 564 g/mol. The van der Waals surface area contributed by atoms with Crippen LogP contribution in [0.3, 0.4) is 0 Å². The zero-order chi connectivity index (χ0) is 28.5. The van der Waals surface area contributed by atoms with E-state index in [1.54, 1.807) is 40.6 Å². The van der Waals surface area contributed by atoms with E-state index in [1.165, 1.54) is 0 Å². The Kier molecular flexibility index (Phi) is 8.74. The van der Waals surface area contributed by atoms with Crippen LogP contribution in [0.25, 0.3) is 0 Å². The van der Waals surface area contributed by atoms with Gasteiger partial charge in [-0.1, -0.05) is 13.0 Å². The number of benzene rings is 1. The van der Waals surface area contributed by atoms with Crippen LogP contribution in [0.15, 0.2) is 29.2 Å². The molecule has 1 aromatic rings. The molecule has 1 spiro atoms. The summed E-state index contributed by atoms with van der Waals surface area (Å²) in [6, 6.07) is 6.69. The SMILES string of the molecule is CCN1C[C@H]2C3(CCN(S(=O)(=O)c4cccc(OC)c4)CC3)CC[C@@]2(C(=O)N(C)C)C1.O=C(O)C(F)(F)F. The lowest BCUT2D eigenvalue weighted by Gasteiger charge is -2.44. The van der Waals surface area contributed by atoms with Gasteiger partial charge in [0, 0.05) is 46.3 Å². The van der Waals surface area contributed by atoms with Crippen molar-refractivity contribution < 1.29 is 41.0 Å². The Morgan fingerprint density at radius 1 is 1.16 bits per heavy atom. The average Bonchev–Trinajstić information content (AvgIpc) is 3.40. The molecule has 0 aromatic heterocycles. The number of fused-ring (bicyclic) bond motifs is 2. The first kappa shape index (κ1) is 30.2. The standard InChI is InChI=1S/C23H35N3O4S.C2HF3O2/c1-5-25-16-20-22(9-10-23(20,17-25)21(27)24(2)3)11-13-26(14-12-22)31(28,29)19-8-6-7-18(15-19)30-4;3-2(4,5)1(6)7/h6-8,15,20H,5,9-14,16-17H2,1-4H3;(H,6,7)/t20-,23+;/m0./s1. The summed E-state index contributed by atoms with van der Waals surface area (Å²) >= 11 is 0. The second-order valence-corrected chi connectivity index (χ2v) is 12.4. The number of hydrogen-bond acceptors (Lipinski definition) is 6. The predicted octanol–water partition coefficient (Wildman–Crippen LogP) is 2.92. The van der Waals surface area contributed by atoms with Gasteiger partial charge in [-0.05, 0) is 55.7 Å². The number of halogens is 3. The van der Waals surface area contributed by atoms with E-state index in [1.807, 2.05) is 14.1 Å². The number of nitrogens with zero attached hydrogens (tertiary/aromatic N) is 3. The summed E-state index contributed by atoms with van der Waals surface area (Å²) in [5.74, 6) is -1.66. The second kappa shape index (κ2) is 11.0. The summed E-state index contributed by atoms with van der Waals surface area (Å²) in [5.41, 5.74) is -0.261. The van der Waals surface area contributed by atoms with Gasteiger partial charge in [-0.2, -0.15) is 17.5 Å². The summed E-state index contributed by atoms with van der Waals surface area (Å²) < 4.78 is 65.1. The van der Waals surface area contributed by atoms with E-state index < -0.39 is 22.2 Å². The molecule has 1 saturated carbocycles. The molecule has 3 aliphatic rings. The van der Waals surface area contributed by atoms with Crippen molar-refractivity contribution in [3.05, 3.63) is 24.3 Å². The highest BCUT2D eigenvalue weighted by Gasteiger charge is 2.64. The lowest BCUT2D eigenvalue weighted by Crippen LogP contribution is -2.49. The molecule has 2 saturated heterocycles. The third-order valence-electron chi connectivity index (χ3n) is 8.34. The maximum atomic E-state index is 13.3. The van der Waals surface area contributed by atoms with Crippen LogP contribution in [0.2, 0.25) is 0 Å². The first-order valence-electron chi connectivity index (χ1n) is 12.5. The Morgan fingerprint density at radius 3 is 2.26 bits per heavy atom. The van der Waals surface area contributed by atoms with Crippen LogP contribution in [0.1, 0.15) is 32.6 Å². The van der Waals surface area contributed by atoms with Gasteiger partial charge in [0.15, 0.2) is 0 Å². The number of ether oxygens (including phenoxy) is 1. The third-order valence-corrected chi connectivity index (χ3v) is 10.2. The number of piperidine rings is 1. The molecule has 38 heavy (non-hydrogen) atoms. The molecule has 1 aromatic carbocycles. The minimum atomic E-state index is -5.08. The van der Waals surface area contributed by atoms with Gasteiger partial charge in [-0.3, -0.25) is 4.79 Å². The molecule has 13 heteroatoms. The van der Waals surface area contributed by atoms with Crippen LogP contribution in [0.5, 0.6) is 5.75 Å². The molecule has 1 N–H and O–H groups in total. The Labute approximate surface area is 221 Å². The molecule has 9 nitrogen and oxygen atoms in total. The zero-order valence-electron chi connectivity index (χ0n) is 22.1. The van der Waals surface area contributed by atoms with Crippen LogP contribution in [0.4, 0.5) is 13.2 Å². The molecule has 4 rings (SSSR count). The minimum Gasteiger partial charge on any atom is -0.497 e. The van der Waals surface area contributed by atoms with Gasteiger partial charge >= 0.3 is 12.1 Å². The maximum absolute atomic E-state index is 13.3. The van der Waals surface area contributed by atoms with Crippen LogP contribution in [0, 0.1) is 16.7 Å². The number of methoxy groups -OCH3 is 1. The van der Waals surface area contributed by atoms with E-state index in [0.717, 1.165) is 45.3 Å². The Hall–Kier alpha value is -2.38. The normalized spacial score (nSPS) is 25.4. The third kappa shape index (κ3) is 5.64. The Morgan fingerprint density at radius 2 is 1.76 bits per heavy atom. The lowest BCUT2D eigenvalue weighted by molar-refractivity contribution is -0.192. The number of carboxylic acid groups (broad SMARTS) is 1. The Bertz CT molecular complexity index is 1140. The number of carboxylic acids is 1.